The quantitative estimate of drug-likeness (QED) is 0.280. The SMILES string of the molecule is Brc1ccc([S+](c2ccccc2)c2ccccc2)cc1.O=S(=O)(O)C(F)(F)F. The topological polar surface area (TPSA) is 54.4 Å². The van der Waals surface area contributed by atoms with Crippen LogP contribution < -0.4 is 0 Å². The van der Waals surface area contributed by atoms with Crippen molar-refractivity contribution in [2.75, 3.05) is 0 Å². The summed E-state index contributed by atoms with van der Waals surface area (Å²) in [6.07, 6.45) is 0. The highest BCUT2D eigenvalue weighted by Crippen LogP contribution is 2.31. The number of rotatable bonds is 3. The first-order valence-corrected chi connectivity index (χ1v) is 11.2. The Balaban J connectivity index is 0.000000300. The summed E-state index contributed by atoms with van der Waals surface area (Å²) in [6.45, 7) is 0. The Bertz CT molecular complexity index is 939. The third-order valence-corrected chi connectivity index (χ3v) is 6.64. The first kappa shape index (κ1) is 22.5. The van der Waals surface area contributed by atoms with Crippen molar-refractivity contribution in [1.82, 2.24) is 0 Å². The Hall–Kier alpha value is -1.81. The predicted molar refractivity (Wildman–Crippen MR) is 107 cm³/mol. The van der Waals surface area contributed by atoms with E-state index in [2.05, 4.69) is 101 Å². The Labute approximate surface area is 172 Å². The lowest BCUT2D eigenvalue weighted by atomic mass is 10.4. The lowest BCUT2D eigenvalue weighted by Crippen LogP contribution is -2.21. The van der Waals surface area contributed by atoms with Crippen molar-refractivity contribution >= 4 is 36.9 Å². The predicted octanol–water partition coefficient (Wildman–Crippen LogP) is 5.94. The zero-order valence-corrected chi connectivity index (χ0v) is 17.4. The zero-order chi connectivity index (χ0) is 20.8. The van der Waals surface area contributed by atoms with Crippen LogP contribution in [0.25, 0.3) is 0 Å². The van der Waals surface area contributed by atoms with Crippen LogP contribution >= 0.6 is 15.9 Å². The third kappa shape index (κ3) is 6.37. The fourth-order valence-corrected chi connectivity index (χ4v) is 4.44. The number of hydrogen-bond acceptors (Lipinski definition) is 2. The standard InChI is InChI=1S/C18H14BrS.CHF3O3S/c19-15-11-13-18(14-12-15)20(16-7-3-1-4-8-16)17-9-5-2-6-10-17;2-1(3,4)8(5,6)7/h1-14H;(H,5,6,7)/q+1;. The van der Waals surface area contributed by atoms with Crippen LogP contribution in [0.3, 0.4) is 0 Å². The van der Waals surface area contributed by atoms with Crippen LogP contribution in [0.1, 0.15) is 0 Å². The van der Waals surface area contributed by atoms with Crippen LogP contribution in [-0.2, 0) is 21.0 Å². The summed E-state index contributed by atoms with van der Waals surface area (Å²) in [4.78, 5) is 4.03. The van der Waals surface area contributed by atoms with E-state index in [1.165, 1.54) is 14.7 Å². The minimum Gasteiger partial charge on any atom is -0.279 e. The smallest absolute Gasteiger partial charge is 0.279 e. The summed E-state index contributed by atoms with van der Waals surface area (Å²) >= 11 is 3.51. The summed E-state index contributed by atoms with van der Waals surface area (Å²) in [5.74, 6) is 0. The van der Waals surface area contributed by atoms with Gasteiger partial charge >= 0.3 is 15.6 Å². The highest BCUT2D eigenvalue weighted by molar-refractivity contribution is 9.10. The van der Waals surface area contributed by atoms with Crippen molar-refractivity contribution in [3.63, 3.8) is 0 Å². The number of halogens is 4. The lowest BCUT2D eigenvalue weighted by Gasteiger charge is -2.07. The van der Waals surface area contributed by atoms with Gasteiger partial charge in [0.2, 0.25) is 0 Å². The van der Waals surface area contributed by atoms with Gasteiger partial charge in [-0.25, -0.2) is 0 Å². The molecule has 3 nitrogen and oxygen atoms in total. The molecule has 0 aliphatic rings. The van der Waals surface area contributed by atoms with E-state index >= 15 is 0 Å². The fourth-order valence-electron chi connectivity index (χ4n) is 2.09. The van der Waals surface area contributed by atoms with Crippen molar-refractivity contribution in [2.24, 2.45) is 0 Å². The molecule has 3 rings (SSSR count). The lowest BCUT2D eigenvalue weighted by molar-refractivity contribution is -0.0510. The first-order chi connectivity index (χ1) is 13.1. The van der Waals surface area contributed by atoms with Gasteiger partial charge in [0.25, 0.3) is 0 Å². The Morgan fingerprint density at radius 3 is 1.36 bits per heavy atom. The molecular formula is C19H15BrF3O3S2+. The summed E-state index contributed by atoms with van der Waals surface area (Å²) in [5.41, 5.74) is -5.53. The molecule has 0 unspecified atom stereocenters. The molecule has 3 aromatic carbocycles. The summed E-state index contributed by atoms with van der Waals surface area (Å²) < 4.78 is 58.7. The molecule has 9 heteroatoms. The van der Waals surface area contributed by atoms with Gasteiger partial charge in [-0.05, 0) is 48.5 Å². The minimum absolute atomic E-state index is 0.0437. The van der Waals surface area contributed by atoms with Gasteiger partial charge in [-0.2, -0.15) is 21.6 Å². The molecule has 148 valence electrons. The molecule has 0 bridgehead atoms. The van der Waals surface area contributed by atoms with Gasteiger partial charge in [0.15, 0.2) is 14.7 Å². The second-order valence-electron chi connectivity index (χ2n) is 5.31. The van der Waals surface area contributed by atoms with Crippen LogP contribution in [0.15, 0.2) is 104 Å². The Morgan fingerprint density at radius 2 is 1.04 bits per heavy atom. The molecule has 0 fully saturated rings. The van der Waals surface area contributed by atoms with Crippen molar-refractivity contribution in [3.05, 3.63) is 89.4 Å². The monoisotopic (exact) mass is 491 g/mol. The van der Waals surface area contributed by atoms with E-state index in [1.54, 1.807) is 0 Å². The summed E-state index contributed by atoms with van der Waals surface area (Å²) in [5, 5.41) is 0. The molecule has 0 saturated heterocycles. The highest BCUT2D eigenvalue weighted by Gasteiger charge is 2.44. The molecule has 0 radical (unpaired) electrons. The second-order valence-corrected chi connectivity index (χ2v) is 9.66. The molecule has 0 aliphatic carbocycles. The number of alkyl halides is 3. The zero-order valence-electron chi connectivity index (χ0n) is 14.2. The fraction of sp³-hybridized carbons (Fsp3) is 0.0526. The molecule has 0 aromatic heterocycles. The largest absolute Gasteiger partial charge is 0.522 e. The Morgan fingerprint density at radius 1 is 0.714 bits per heavy atom. The van der Waals surface area contributed by atoms with Crippen molar-refractivity contribution in [1.29, 1.82) is 0 Å². The minimum atomic E-state index is -5.84. The van der Waals surface area contributed by atoms with E-state index in [4.69, 9.17) is 13.0 Å². The van der Waals surface area contributed by atoms with Crippen molar-refractivity contribution in [2.45, 2.75) is 20.2 Å². The molecule has 0 spiro atoms. The van der Waals surface area contributed by atoms with Gasteiger partial charge in [-0.3, -0.25) is 4.55 Å². The van der Waals surface area contributed by atoms with Crippen LogP contribution in [-0.4, -0.2) is 18.5 Å². The van der Waals surface area contributed by atoms with E-state index in [1.807, 2.05) is 0 Å². The maximum atomic E-state index is 10.7. The second kappa shape index (κ2) is 9.60. The maximum Gasteiger partial charge on any atom is 0.522 e. The highest BCUT2D eigenvalue weighted by atomic mass is 79.9. The summed E-state index contributed by atoms with van der Waals surface area (Å²) in [6, 6.07) is 30.0. The molecule has 0 atom stereocenters. The first-order valence-electron chi connectivity index (χ1n) is 7.73. The average molecular weight is 492 g/mol. The van der Waals surface area contributed by atoms with Gasteiger partial charge in [0.1, 0.15) is 0 Å². The molecule has 3 aromatic rings. The van der Waals surface area contributed by atoms with Crippen molar-refractivity contribution in [3.8, 4) is 0 Å². The van der Waals surface area contributed by atoms with Gasteiger partial charge in [0, 0.05) is 4.47 Å². The van der Waals surface area contributed by atoms with Crippen LogP contribution in [0, 0.1) is 0 Å². The van der Waals surface area contributed by atoms with E-state index in [9.17, 15) is 13.2 Å². The van der Waals surface area contributed by atoms with Crippen LogP contribution in [0.5, 0.6) is 0 Å². The van der Waals surface area contributed by atoms with Crippen LogP contribution in [0.2, 0.25) is 0 Å². The van der Waals surface area contributed by atoms with Gasteiger partial charge < -0.3 is 0 Å². The van der Waals surface area contributed by atoms with E-state index < -0.39 is 15.6 Å². The molecule has 0 heterocycles. The van der Waals surface area contributed by atoms with Crippen LogP contribution in [0.4, 0.5) is 13.2 Å². The van der Waals surface area contributed by atoms with E-state index in [0.29, 0.717) is 0 Å². The average Bonchev–Trinajstić information content (AvgIpc) is 2.64. The van der Waals surface area contributed by atoms with Crippen molar-refractivity contribution < 1.29 is 26.1 Å². The molecule has 0 amide bonds. The van der Waals surface area contributed by atoms with Gasteiger partial charge in [-0.1, -0.05) is 52.3 Å². The molecule has 0 saturated carbocycles. The molecule has 0 aliphatic heterocycles. The normalized spacial score (nSPS) is 11.6. The number of hydrogen-bond donors (Lipinski definition) is 1. The molecular weight excluding hydrogens is 477 g/mol. The van der Waals surface area contributed by atoms with Gasteiger partial charge in [0.05, 0.1) is 10.9 Å². The van der Waals surface area contributed by atoms with Gasteiger partial charge in [-0.15, -0.1) is 0 Å². The van der Waals surface area contributed by atoms with E-state index in [-0.39, 0.29) is 10.9 Å². The molecule has 1 N–H and O–H groups in total. The number of benzene rings is 3. The summed E-state index contributed by atoms with van der Waals surface area (Å²) in [7, 11) is -5.88. The maximum absolute atomic E-state index is 10.7. The Kier molecular flexibility index (Phi) is 7.70. The molecule has 28 heavy (non-hydrogen) atoms. The third-order valence-electron chi connectivity index (χ3n) is 3.30. The van der Waals surface area contributed by atoms with E-state index in [0.717, 1.165) is 4.47 Å².